The highest BCUT2D eigenvalue weighted by Crippen LogP contribution is 2.25. The van der Waals surface area contributed by atoms with Gasteiger partial charge in [0.15, 0.2) is 12.2 Å². The molecule has 0 heterocycles. The second kappa shape index (κ2) is 14.8. The van der Waals surface area contributed by atoms with Gasteiger partial charge < -0.3 is 24.1 Å². The largest absolute Gasteiger partial charge is 0.458 e. The molecule has 0 unspecified atom stereocenters. The van der Waals surface area contributed by atoms with E-state index in [9.17, 15) is 19.2 Å². The summed E-state index contributed by atoms with van der Waals surface area (Å²) in [6.07, 6.45) is -1.10. The van der Waals surface area contributed by atoms with Gasteiger partial charge in [0.05, 0.1) is 0 Å². The Morgan fingerprint density at radius 1 is 0.655 bits per heavy atom. The second-order valence-corrected chi connectivity index (χ2v) is 6.81. The number of rotatable bonds is 14. The van der Waals surface area contributed by atoms with Crippen molar-refractivity contribution in [1.82, 2.24) is 0 Å². The van der Waals surface area contributed by atoms with Crippen molar-refractivity contribution in [2.75, 3.05) is 6.61 Å². The lowest BCUT2D eigenvalue weighted by Gasteiger charge is -2.35. The van der Waals surface area contributed by atoms with Gasteiger partial charge in [-0.05, 0) is 32.1 Å². The van der Waals surface area contributed by atoms with Gasteiger partial charge >= 0.3 is 23.9 Å². The summed E-state index contributed by atoms with van der Waals surface area (Å²) >= 11 is 0. The fourth-order valence-corrected chi connectivity index (χ4v) is 2.96. The van der Waals surface area contributed by atoms with Crippen molar-refractivity contribution in [3.63, 3.8) is 0 Å². The van der Waals surface area contributed by atoms with Gasteiger partial charge in [-0.2, -0.15) is 0 Å². The van der Waals surface area contributed by atoms with Gasteiger partial charge in [0, 0.05) is 34.3 Å². The first kappa shape index (κ1) is 26.8. The highest BCUT2D eigenvalue weighted by molar-refractivity contribution is 5.69. The van der Waals surface area contributed by atoms with Gasteiger partial charge in [-0.1, -0.05) is 13.3 Å². The molecule has 0 aliphatic heterocycles. The Kier molecular flexibility index (Phi) is 13.7. The number of aliphatic hydroxyl groups is 1. The van der Waals surface area contributed by atoms with E-state index in [-0.39, 0.29) is 13.0 Å². The van der Waals surface area contributed by atoms with Crippen LogP contribution in [0.2, 0.25) is 0 Å². The first-order valence-electron chi connectivity index (χ1n) is 9.92. The minimum absolute atomic E-state index is 0.0506. The van der Waals surface area contributed by atoms with Crippen molar-refractivity contribution in [1.29, 1.82) is 0 Å². The lowest BCUT2D eigenvalue weighted by Crippen LogP contribution is -2.51. The van der Waals surface area contributed by atoms with Crippen LogP contribution in [0.5, 0.6) is 0 Å². The molecule has 0 rings (SSSR count). The van der Waals surface area contributed by atoms with Gasteiger partial charge in [0.1, 0.15) is 12.2 Å². The van der Waals surface area contributed by atoms with Crippen molar-refractivity contribution in [3.05, 3.63) is 0 Å². The molecule has 4 atom stereocenters. The Morgan fingerprint density at radius 2 is 1.03 bits per heavy atom. The van der Waals surface area contributed by atoms with Crippen LogP contribution in [0.15, 0.2) is 0 Å². The maximum atomic E-state index is 11.8. The first-order valence-corrected chi connectivity index (χ1v) is 9.92. The van der Waals surface area contributed by atoms with E-state index in [1.54, 1.807) is 0 Å². The lowest BCUT2D eigenvalue weighted by atomic mass is 9.95. The quantitative estimate of drug-likeness (QED) is 0.256. The van der Waals surface area contributed by atoms with Crippen molar-refractivity contribution < 1.29 is 43.2 Å². The number of esters is 4. The van der Waals surface area contributed by atoms with E-state index in [2.05, 4.69) is 0 Å². The van der Waals surface area contributed by atoms with E-state index in [0.717, 1.165) is 6.42 Å². The molecular formula is C20H34O9. The van der Waals surface area contributed by atoms with Crippen LogP contribution in [0, 0.1) is 0 Å². The maximum absolute atomic E-state index is 11.8. The van der Waals surface area contributed by atoms with Crippen LogP contribution in [-0.4, -0.2) is 60.0 Å². The van der Waals surface area contributed by atoms with Gasteiger partial charge in [0.25, 0.3) is 0 Å². The van der Waals surface area contributed by atoms with Crippen LogP contribution in [0.1, 0.15) is 73.1 Å². The highest BCUT2D eigenvalue weighted by atomic mass is 16.6. The molecule has 168 valence electrons. The van der Waals surface area contributed by atoms with Crippen molar-refractivity contribution in [2.45, 2.75) is 97.6 Å². The summed E-state index contributed by atoms with van der Waals surface area (Å²) in [7, 11) is 0. The lowest BCUT2D eigenvalue weighted by molar-refractivity contribution is -0.199. The van der Waals surface area contributed by atoms with Crippen LogP contribution in [-0.2, 0) is 38.1 Å². The van der Waals surface area contributed by atoms with Gasteiger partial charge in [-0.15, -0.1) is 0 Å². The van der Waals surface area contributed by atoms with E-state index in [1.807, 2.05) is 6.92 Å². The Bertz CT molecular complexity index is 532. The minimum Gasteiger partial charge on any atom is -0.458 e. The molecular weight excluding hydrogens is 384 g/mol. The van der Waals surface area contributed by atoms with Gasteiger partial charge in [-0.25, -0.2) is 0 Å². The zero-order valence-electron chi connectivity index (χ0n) is 18.0. The average molecular weight is 418 g/mol. The van der Waals surface area contributed by atoms with E-state index < -0.39 is 48.3 Å². The topological polar surface area (TPSA) is 125 Å². The highest BCUT2D eigenvalue weighted by Gasteiger charge is 2.42. The predicted octanol–water partition coefficient (Wildman–Crippen LogP) is 2.07. The minimum atomic E-state index is -1.17. The second-order valence-electron chi connectivity index (χ2n) is 6.81. The van der Waals surface area contributed by atoms with Crippen LogP contribution < -0.4 is 0 Å². The maximum Gasteiger partial charge on any atom is 0.303 e. The van der Waals surface area contributed by atoms with Crippen molar-refractivity contribution in [2.24, 2.45) is 0 Å². The van der Waals surface area contributed by atoms with Crippen LogP contribution >= 0.6 is 0 Å². The molecule has 0 saturated carbocycles. The zero-order chi connectivity index (χ0) is 22.4. The molecule has 0 fully saturated rings. The summed E-state index contributed by atoms with van der Waals surface area (Å²) in [5.41, 5.74) is 0. The molecule has 9 heteroatoms. The normalized spacial score (nSPS) is 14.8. The molecule has 0 saturated heterocycles. The molecule has 1 N–H and O–H groups in total. The summed E-state index contributed by atoms with van der Waals surface area (Å²) in [5.74, 6) is -2.49. The third-order valence-corrected chi connectivity index (χ3v) is 4.03. The van der Waals surface area contributed by atoms with Crippen LogP contribution in [0.25, 0.3) is 0 Å². The number of aliphatic hydroxyl groups excluding tert-OH is 1. The van der Waals surface area contributed by atoms with Crippen molar-refractivity contribution in [3.8, 4) is 0 Å². The van der Waals surface area contributed by atoms with E-state index in [0.29, 0.717) is 25.7 Å². The van der Waals surface area contributed by atoms with Crippen LogP contribution in [0.3, 0.4) is 0 Å². The summed E-state index contributed by atoms with van der Waals surface area (Å²) < 4.78 is 21.5. The van der Waals surface area contributed by atoms with Crippen LogP contribution in [0.4, 0.5) is 0 Å². The van der Waals surface area contributed by atoms with E-state index in [1.165, 1.54) is 27.7 Å². The number of ether oxygens (including phenoxy) is 4. The third-order valence-electron chi connectivity index (χ3n) is 4.03. The smallest absolute Gasteiger partial charge is 0.303 e. The summed E-state index contributed by atoms with van der Waals surface area (Å²) in [6, 6.07) is 0. The van der Waals surface area contributed by atoms with E-state index >= 15 is 0 Å². The van der Waals surface area contributed by atoms with Gasteiger partial charge in [0.2, 0.25) is 0 Å². The molecule has 9 nitrogen and oxygen atoms in total. The summed E-state index contributed by atoms with van der Waals surface area (Å²) in [6.45, 7) is 6.72. The van der Waals surface area contributed by atoms with E-state index in [4.69, 9.17) is 24.1 Å². The molecule has 0 aliphatic carbocycles. The molecule has 0 spiro atoms. The summed E-state index contributed by atoms with van der Waals surface area (Å²) in [5, 5.41) is 9.04. The third kappa shape index (κ3) is 12.1. The Morgan fingerprint density at radius 3 is 1.34 bits per heavy atom. The Hall–Kier alpha value is -2.16. The number of hydrogen-bond acceptors (Lipinski definition) is 9. The Balaban J connectivity index is 6.00. The number of unbranched alkanes of at least 4 members (excludes halogenated alkanes) is 2. The monoisotopic (exact) mass is 418 g/mol. The molecule has 0 aromatic heterocycles. The zero-order valence-corrected chi connectivity index (χ0v) is 18.0. The number of carbonyl (C=O) groups excluding carboxylic acids is 4. The molecule has 0 radical (unpaired) electrons. The molecule has 0 amide bonds. The fourth-order valence-electron chi connectivity index (χ4n) is 2.96. The number of carbonyl (C=O) groups is 4. The average Bonchev–Trinajstić information content (AvgIpc) is 2.60. The molecule has 0 aliphatic rings. The Labute approximate surface area is 172 Å². The summed E-state index contributed by atoms with van der Waals surface area (Å²) in [4.78, 5) is 46.8. The standard InChI is InChI=1S/C20H34O9/c1-6-7-10-17(26-13(2)22)19(28-15(4)24)20(29-16(5)25)18(27-14(3)23)11-8-9-12-21/h17-21H,6-12H2,1-5H3/t17-,18+,19+,20+/m0/s1. The molecule has 29 heavy (non-hydrogen) atoms. The molecule has 0 bridgehead atoms. The number of hydrogen-bond donors (Lipinski definition) is 1. The van der Waals surface area contributed by atoms with Gasteiger partial charge in [-0.3, -0.25) is 19.2 Å². The SMILES string of the molecule is CCCC[C@H](OC(C)=O)[C@@H](OC(C)=O)[C@H](OC(C)=O)[C@@H](CCCCO)OC(C)=O. The fraction of sp³-hybridized carbons (Fsp3) is 0.800. The molecule has 0 aromatic carbocycles. The molecule has 0 aromatic rings. The first-order chi connectivity index (χ1) is 13.6. The van der Waals surface area contributed by atoms with Crippen molar-refractivity contribution >= 4 is 23.9 Å². The predicted molar refractivity (Wildman–Crippen MR) is 103 cm³/mol.